The van der Waals surface area contributed by atoms with Crippen LogP contribution in [0.25, 0.3) is 0 Å². The van der Waals surface area contributed by atoms with Crippen LogP contribution in [-0.4, -0.2) is 38.3 Å². The van der Waals surface area contributed by atoms with Gasteiger partial charge in [0.2, 0.25) is 0 Å². The number of benzene rings is 2. The van der Waals surface area contributed by atoms with Gasteiger partial charge in [-0.1, -0.05) is 18.2 Å². The molecular weight excluding hydrogens is 345 g/mol. The Morgan fingerprint density at radius 1 is 1.07 bits per heavy atom. The molecule has 142 valence electrons. The van der Waals surface area contributed by atoms with Crippen LogP contribution in [0.15, 0.2) is 48.5 Å². The van der Waals surface area contributed by atoms with Crippen molar-refractivity contribution in [3.8, 4) is 5.75 Å². The van der Waals surface area contributed by atoms with Gasteiger partial charge < -0.3 is 15.0 Å². The van der Waals surface area contributed by atoms with Gasteiger partial charge in [0.25, 0.3) is 0 Å². The minimum Gasteiger partial charge on any atom is -0.491 e. The molecule has 4 rings (SSSR count). The largest absolute Gasteiger partial charge is 0.491 e. The van der Waals surface area contributed by atoms with Crippen molar-refractivity contribution >= 4 is 17.4 Å². The summed E-state index contributed by atoms with van der Waals surface area (Å²) < 4.78 is 19.1. The maximum atomic E-state index is 13.5. The first-order valence-electron chi connectivity index (χ1n) is 9.51. The quantitative estimate of drug-likeness (QED) is 0.876. The summed E-state index contributed by atoms with van der Waals surface area (Å²) in [5.74, 6) is 0.0749. The zero-order chi connectivity index (χ0) is 18.6. The van der Waals surface area contributed by atoms with Crippen LogP contribution in [0.1, 0.15) is 19.3 Å². The number of amides is 2. The molecule has 0 unspecified atom stereocenters. The van der Waals surface area contributed by atoms with Crippen LogP contribution in [0.3, 0.4) is 0 Å². The number of hydrogen-bond acceptors (Lipinski definition) is 3. The number of ether oxygens (including phenoxy) is 1. The van der Waals surface area contributed by atoms with Crippen molar-refractivity contribution < 1.29 is 13.9 Å². The van der Waals surface area contributed by atoms with Gasteiger partial charge in [-0.15, -0.1) is 0 Å². The Bertz CT molecular complexity index is 791. The molecule has 0 bridgehead atoms. The van der Waals surface area contributed by atoms with E-state index in [0.29, 0.717) is 24.6 Å². The van der Waals surface area contributed by atoms with Crippen molar-refractivity contribution in [2.75, 3.05) is 36.0 Å². The van der Waals surface area contributed by atoms with Gasteiger partial charge in [-0.05, 0) is 43.5 Å². The fourth-order valence-electron chi connectivity index (χ4n) is 3.74. The van der Waals surface area contributed by atoms with Crippen LogP contribution in [0.4, 0.5) is 20.6 Å². The molecule has 2 aromatic carbocycles. The van der Waals surface area contributed by atoms with Crippen molar-refractivity contribution in [2.24, 2.45) is 0 Å². The van der Waals surface area contributed by atoms with E-state index in [9.17, 15) is 9.18 Å². The number of piperidine rings is 1. The summed E-state index contributed by atoms with van der Waals surface area (Å²) in [6, 6.07) is 14.7. The average molecular weight is 369 g/mol. The van der Waals surface area contributed by atoms with E-state index in [-0.39, 0.29) is 17.9 Å². The Hall–Kier alpha value is -2.76. The molecule has 0 atom stereocenters. The lowest BCUT2D eigenvalue weighted by Gasteiger charge is -2.35. The number of carbonyl (C=O) groups is 1. The van der Waals surface area contributed by atoms with Gasteiger partial charge in [0, 0.05) is 37.4 Å². The second kappa shape index (κ2) is 7.86. The first-order valence-corrected chi connectivity index (χ1v) is 9.51. The summed E-state index contributed by atoms with van der Waals surface area (Å²) in [5.41, 5.74) is 1.86. The first kappa shape index (κ1) is 17.6. The van der Waals surface area contributed by atoms with Crippen LogP contribution in [0.2, 0.25) is 0 Å². The van der Waals surface area contributed by atoms with Gasteiger partial charge in [0.05, 0.1) is 12.3 Å². The highest BCUT2D eigenvalue weighted by molar-refractivity contribution is 5.94. The van der Waals surface area contributed by atoms with Crippen molar-refractivity contribution in [2.45, 2.75) is 25.3 Å². The van der Waals surface area contributed by atoms with Crippen molar-refractivity contribution in [3.05, 3.63) is 54.3 Å². The van der Waals surface area contributed by atoms with Crippen molar-refractivity contribution in [3.63, 3.8) is 0 Å². The van der Waals surface area contributed by atoms with E-state index in [0.717, 1.165) is 32.4 Å². The molecule has 1 fully saturated rings. The van der Waals surface area contributed by atoms with E-state index in [4.69, 9.17) is 4.74 Å². The summed E-state index contributed by atoms with van der Waals surface area (Å²) in [7, 11) is 0. The Morgan fingerprint density at radius 2 is 1.85 bits per heavy atom. The molecular formula is C21H24FN3O2. The van der Waals surface area contributed by atoms with Crippen LogP contribution in [-0.2, 0) is 0 Å². The third-order valence-electron chi connectivity index (χ3n) is 5.19. The lowest BCUT2D eigenvalue weighted by Crippen LogP contribution is -2.49. The number of urea groups is 1. The third-order valence-corrected chi connectivity index (χ3v) is 5.19. The van der Waals surface area contributed by atoms with Gasteiger partial charge in [-0.3, -0.25) is 4.90 Å². The highest BCUT2D eigenvalue weighted by Gasteiger charge is 2.26. The molecule has 1 saturated heterocycles. The van der Waals surface area contributed by atoms with E-state index in [1.165, 1.54) is 17.8 Å². The maximum Gasteiger partial charge on any atom is 0.322 e. The van der Waals surface area contributed by atoms with E-state index in [1.807, 2.05) is 18.2 Å². The molecule has 6 heteroatoms. The minimum atomic E-state index is -0.357. The van der Waals surface area contributed by atoms with E-state index in [1.54, 1.807) is 11.0 Å². The van der Waals surface area contributed by atoms with E-state index >= 15 is 0 Å². The van der Waals surface area contributed by atoms with Crippen LogP contribution in [0, 0.1) is 5.82 Å². The smallest absolute Gasteiger partial charge is 0.322 e. The fourth-order valence-corrected chi connectivity index (χ4v) is 3.74. The first-order chi connectivity index (χ1) is 13.2. The Balaban J connectivity index is 1.39. The summed E-state index contributed by atoms with van der Waals surface area (Å²) in [4.78, 5) is 16.9. The number of halogens is 1. The SMILES string of the molecule is O=C(NC1CCN(c2ccccc2)CC1)N1CCCOc2cc(F)ccc21. The summed E-state index contributed by atoms with van der Waals surface area (Å²) in [6.07, 6.45) is 2.53. The molecule has 2 aliphatic heterocycles. The predicted octanol–water partition coefficient (Wildman–Crippen LogP) is 3.79. The Morgan fingerprint density at radius 3 is 2.63 bits per heavy atom. The molecule has 2 amide bonds. The Kier molecular flexibility index (Phi) is 5.14. The summed E-state index contributed by atoms with van der Waals surface area (Å²) >= 11 is 0. The number of nitrogens with one attached hydrogen (secondary N) is 1. The topological polar surface area (TPSA) is 44.8 Å². The third kappa shape index (κ3) is 3.99. The molecule has 2 heterocycles. The second-order valence-corrected chi connectivity index (χ2v) is 7.01. The van der Waals surface area contributed by atoms with Crippen molar-refractivity contribution in [1.82, 2.24) is 5.32 Å². The normalized spacial score (nSPS) is 17.7. The number of hydrogen-bond donors (Lipinski definition) is 1. The van der Waals surface area contributed by atoms with Gasteiger partial charge in [0.15, 0.2) is 0 Å². The number of fused-ring (bicyclic) bond motifs is 1. The second-order valence-electron chi connectivity index (χ2n) is 7.01. The number of nitrogens with zero attached hydrogens (tertiary/aromatic N) is 2. The molecule has 0 saturated carbocycles. The standard InChI is InChI=1S/C21H24FN3O2/c22-16-7-8-19-20(15-16)27-14-4-11-25(19)21(26)23-17-9-12-24(13-10-17)18-5-2-1-3-6-18/h1-3,5-8,15,17H,4,9-14H2,(H,23,26). The van der Waals surface area contributed by atoms with Crippen LogP contribution < -0.4 is 19.9 Å². The number of para-hydroxylation sites is 1. The fraction of sp³-hybridized carbons (Fsp3) is 0.381. The lowest BCUT2D eigenvalue weighted by molar-refractivity contribution is 0.240. The summed E-state index contributed by atoms with van der Waals surface area (Å²) in [6.45, 7) is 2.88. The highest BCUT2D eigenvalue weighted by atomic mass is 19.1. The minimum absolute atomic E-state index is 0.133. The lowest BCUT2D eigenvalue weighted by atomic mass is 10.0. The molecule has 5 nitrogen and oxygen atoms in total. The van der Waals surface area contributed by atoms with Crippen LogP contribution in [0.5, 0.6) is 5.75 Å². The van der Waals surface area contributed by atoms with Gasteiger partial charge >= 0.3 is 6.03 Å². The van der Waals surface area contributed by atoms with E-state index < -0.39 is 0 Å². The number of anilines is 2. The van der Waals surface area contributed by atoms with Gasteiger partial charge in [0.1, 0.15) is 11.6 Å². The molecule has 0 aromatic heterocycles. The molecule has 27 heavy (non-hydrogen) atoms. The number of rotatable bonds is 2. The molecule has 1 N–H and O–H groups in total. The number of carbonyl (C=O) groups excluding carboxylic acids is 1. The zero-order valence-electron chi connectivity index (χ0n) is 15.2. The van der Waals surface area contributed by atoms with Gasteiger partial charge in [-0.25, -0.2) is 9.18 Å². The summed E-state index contributed by atoms with van der Waals surface area (Å²) in [5, 5.41) is 3.15. The van der Waals surface area contributed by atoms with Crippen LogP contribution >= 0.6 is 0 Å². The highest BCUT2D eigenvalue weighted by Crippen LogP contribution is 2.32. The molecule has 0 aliphatic carbocycles. The maximum absolute atomic E-state index is 13.5. The Labute approximate surface area is 158 Å². The van der Waals surface area contributed by atoms with Crippen molar-refractivity contribution in [1.29, 1.82) is 0 Å². The molecule has 0 radical (unpaired) electrons. The van der Waals surface area contributed by atoms with Gasteiger partial charge in [-0.2, -0.15) is 0 Å². The predicted molar refractivity (Wildman–Crippen MR) is 104 cm³/mol. The monoisotopic (exact) mass is 369 g/mol. The molecule has 0 spiro atoms. The zero-order valence-corrected chi connectivity index (χ0v) is 15.2. The molecule has 2 aromatic rings. The molecule has 2 aliphatic rings. The average Bonchev–Trinajstić information content (AvgIpc) is 2.91. The van der Waals surface area contributed by atoms with E-state index in [2.05, 4.69) is 22.3 Å².